The zero-order chi connectivity index (χ0) is 14.7. The maximum Gasteiger partial charge on any atom is 0.147 e. The Labute approximate surface area is 126 Å². The molecule has 0 spiro atoms. The summed E-state index contributed by atoms with van der Waals surface area (Å²) in [6.07, 6.45) is 4.32. The van der Waals surface area contributed by atoms with Gasteiger partial charge in [-0.2, -0.15) is 5.10 Å². The molecule has 2 aliphatic rings. The van der Waals surface area contributed by atoms with Crippen LogP contribution in [0.4, 0.5) is 0 Å². The molecule has 0 aliphatic carbocycles. The first-order chi connectivity index (χ1) is 10.2. The Bertz CT molecular complexity index is 457. The fourth-order valence-electron chi connectivity index (χ4n) is 3.22. The van der Waals surface area contributed by atoms with Crippen LogP contribution in [0.5, 0.6) is 0 Å². The number of aromatic nitrogens is 3. The summed E-state index contributed by atoms with van der Waals surface area (Å²) in [4.78, 5) is 6.83. The van der Waals surface area contributed by atoms with Gasteiger partial charge in [-0.1, -0.05) is 0 Å². The van der Waals surface area contributed by atoms with Crippen molar-refractivity contribution >= 4 is 0 Å². The van der Waals surface area contributed by atoms with Crippen molar-refractivity contribution < 1.29 is 9.47 Å². The zero-order valence-electron chi connectivity index (χ0n) is 13.1. The van der Waals surface area contributed by atoms with E-state index in [0.29, 0.717) is 6.10 Å². The van der Waals surface area contributed by atoms with Crippen molar-refractivity contribution in [2.75, 3.05) is 32.8 Å². The van der Waals surface area contributed by atoms with Gasteiger partial charge in [0.05, 0.1) is 25.4 Å². The highest BCUT2D eigenvalue weighted by Gasteiger charge is 2.25. The maximum atomic E-state index is 5.89. The van der Waals surface area contributed by atoms with E-state index in [1.807, 2.05) is 18.5 Å². The third kappa shape index (κ3) is 4.02. The first kappa shape index (κ1) is 14.9. The molecule has 6 nitrogen and oxygen atoms in total. The number of morpholine rings is 1. The molecule has 0 aromatic carbocycles. The lowest BCUT2D eigenvalue weighted by atomic mass is 10.1. The van der Waals surface area contributed by atoms with Gasteiger partial charge in [0, 0.05) is 26.2 Å². The standard InChI is InChI=1S/C15H26N4O2/c1-12-16-13(2)19(17-12)11-15-10-18(6-8-21-15)9-14-5-3-4-7-20-14/h14-15H,3-11H2,1-2H3. The van der Waals surface area contributed by atoms with Crippen LogP contribution in [0.3, 0.4) is 0 Å². The van der Waals surface area contributed by atoms with Crippen LogP contribution in [0.15, 0.2) is 0 Å². The van der Waals surface area contributed by atoms with E-state index in [-0.39, 0.29) is 6.10 Å². The van der Waals surface area contributed by atoms with Crippen LogP contribution in [0.25, 0.3) is 0 Å². The van der Waals surface area contributed by atoms with Gasteiger partial charge in [0.25, 0.3) is 0 Å². The molecular formula is C15H26N4O2. The summed E-state index contributed by atoms with van der Waals surface area (Å²) < 4.78 is 13.7. The number of ether oxygens (including phenoxy) is 2. The van der Waals surface area contributed by atoms with Crippen LogP contribution < -0.4 is 0 Å². The SMILES string of the molecule is Cc1nc(C)n(CC2CN(CC3CCCCO3)CCO2)n1. The largest absolute Gasteiger partial charge is 0.377 e. The first-order valence-corrected chi connectivity index (χ1v) is 8.04. The molecule has 0 radical (unpaired) electrons. The highest BCUT2D eigenvalue weighted by molar-refractivity contribution is 4.88. The molecule has 2 saturated heterocycles. The molecule has 6 heteroatoms. The summed E-state index contributed by atoms with van der Waals surface area (Å²) in [5, 5.41) is 4.43. The molecule has 2 unspecified atom stereocenters. The van der Waals surface area contributed by atoms with E-state index < -0.39 is 0 Å². The Morgan fingerprint density at radius 1 is 1.10 bits per heavy atom. The molecule has 0 amide bonds. The quantitative estimate of drug-likeness (QED) is 0.834. The molecule has 0 bridgehead atoms. The van der Waals surface area contributed by atoms with E-state index in [0.717, 1.165) is 51.0 Å². The molecular weight excluding hydrogens is 268 g/mol. The fraction of sp³-hybridized carbons (Fsp3) is 0.867. The summed E-state index contributed by atoms with van der Waals surface area (Å²) in [7, 11) is 0. The summed E-state index contributed by atoms with van der Waals surface area (Å²) in [5.74, 6) is 1.79. The Balaban J connectivity index is 1.51. The van der Waals surface area contributed by atoms with Crippen LogP contribution >= 0.6 is 0 Å². The summed E-state index contributed by atoms with van der Waals surface area (Å²) >= 11 is 0. The number of hydrogen-bond acceptors (Lipinski definition) is 5. The van der Waals surface area contributed by atoms with E-state index in [4.69, 9.17) is 9.47 Å². The van der Waals surface area contributed by atoms with Gasteiger partial charge in [-0.3, -0.25) is 4.90 Å². The Morgan fingerprint density at radius 3 is 2.67 bits per heavy atom. The van der Waals surface area contributed by atoms with Crippen molar-refractivity contribution in [2.45, 2.75) is 51.9 Å². The number of nitrogens with zero attached hydrogens (tertiary/aromatic N) is 4. The van der Waals surface area contributed by atoms with Gasteiger partial charge >= 0.3 is 0 Å². The topological polar surface area (TPSA) is 52.4 Å². The maximum absolute atomic E-state index is 5.89. The molecule has 3 rings (SSSR count). The molecule has 1 aromatic heterocycles. The molecule has 2 aliphatic heterocycles. The van der Waals surface area contributed by atoms with Gasteiger partial charge in [0.2, 0.25) is 0 Å². The van der Waals surface area contributed by atoms with Crippen molar-refractivity contribution in [3.05, 3.63) is 11.6 Å². The lowest BCUT2D eigenvalue weighted by Gasteiger charge is -2.36. The van der Waals surface area contributed by atoms with Gasteiger partial charge in [-0.05, 0) is 33.1 Å². The van der Waals surface area contributed by atoms with Crippen LogP contribution in [0.1, 0.15) is 30.9 Å². The normalized spacial score (nSPS) is 27.9. The third-order valence-corrected chi connectivity index (χ3v) is 4.30. The first-order valence-electron chi connectivity index (χ1n) is 8.04. The Morgan fingerprint density at radius 2 is 1.95 bits per heavy atom. The molecule has 2 atom stereocenters. The summed E-state index contributed by atoms with van der Waals surface area (Å²) in [6.45, 7) is 9.43. The minimum absolute atomic E-state index is 0.196. The summed E-state index contributed by atoms with van der Waals surface area (Å²) in [5.41, 5.74) is 0. The molecule has 0 N–H and O–H groups in total. The van der Waals surface area contributed by atoms with Gasteiger partial charge in [0.1, 0.15) is 11.6 Å². The lowest BCUT2D eigenvalue weighted by Crippen LogP contribution is -2.47. The van der Waals surface area contributed by atoms with Gasteiger partial charge in [0.15, 0.2) is 0 Å². The summed E-state index contributed by atoms with van der Waals surface area (Å²) in [6, 6.07) is 0. The number of aryl methyl sites for hydroxylation is 2. The predicted molar refractivity (Wildman–Crippen MR) is 79.3 cm³/mol. The third-order valence-electron chi connectivity index (χ3n) is 4.30. The molecule has 118 valence electrons. The van der Waals surface area contributed by atoms with Crippen molar-refractivity contribution in [1.82, 2.24) is 19.7 Å². The van der Waals surface area contributed by atoms with Crippen molar-refractivity contribution in [1.29, 1.82) is 0 Å². The molecule has 0 saturated carbocycles. The van der Waals surface area contributed by atoms with Crippen LogP contribution in [-0.4, -0.2) is 64.7 Å². The van der Waals surface area contributed by atoms with Crippen LogP contribution in [0, 0.1) is 13.8 Å². The van der Waals surface area contributed by atoms with Crippen LogP contribution in [-0.2, 0) is 16.0 Å². The highest BCUT2D eigenvalue weighted by Crippen LogP contribution is 2.16. The smallest absolute Gasteiger partial charge is 0.147 e. The molecule has 2 fully saturated rings. The predicted octanol–water partition coefficient (Wildman–Crippen LogP) is 1.16. The minimum atomic E-state index is 0.196. The lowest BCUT2D eigenvalue weighted by molar-refractivity contribution is -0.0652. The molecule has 1 aromatic rings. The van der Waals surface area contributed by atoms with Gasteiger partial charge in [-0.15, -0.1) is 0 Å². The Kier molecular flexibility index (Phi) is 4.87. The van der Waals surface area contributed by atoms with Crippen molar-refractivity contribution in [3.63, 3.8) is 0 Å². The minimum Gasteiger partial charge on any atom is -0.377 e. The fourth-order valence-corrected chi connectivity index (χ4v) is 3.22. The van der Waals surface area contributed by atoms with Gasteiger partial charge < -0.3 is 9.47 Å². The average molecular weight is 294 g/mol. The second-order valence-corrected chi connectivity index (χ2v) is 6.13. The molecule has 21 heavy (non-hydrogen) atoms. The van der Waals surface area contributed by atoms with E-state index in [2.05, 4.69) is 15.0 Å². The van der Waals surface area contributed by atoms with E-state index in [9.17, 15) is 0 Å². The highest BCUT2D eigenvalue weighted by atomic mass is 16.5. The number of hydrogen-bond donors (Lipinski definition) is 0. The van der Waals surface area contributed by atoms with Crippen LogP contribution in [0.2, 0.25) is 0 Å². The van der Waals surface area contributed by atoms with Crippen molar-refractivity contribution in [2.24, 2.45) is 0 Å². The van der Waals surface area contributed by atoms with E-state index >= 15 is 0 Å². The second-order valence-electron chi connectivity index (χ2n) is 6.13. The Hall–Kier alpha value is -0.980. The van der Waals surface area contributed by atoms with Gasteiger partial charge in [-0.25, -0.2) is 9.67 Å². The zero-order valence-corrected chi connectivity index (χ0v) is 13.1. The van der Waals surface area contributed by atoms with E-state index in [1.54, 1.807) is 0 Å². The van der Waals surface area contributed by atoms with E-state index in [1.165, 1.54) is 19.3 Å². The van der Waals surface area contributed by atoms with Crippen molar-refractivity contribution in [3.8, 4) is 0 Å². The number of rotatable bonds is 4. The monoisotopic (exact) mass is 294 g/mol. The molecule has 3 heterocycles. The average Bonchev–Trinajstić information content (AvgIpc) is 2.78. The second kappa shape index (κ2) is 6.85.